The van der Waals surface area contributed by atoms with Gasteiger partial charge in [-0.1, -0.05) is 42.5 Å². The van der Waals surface area contributed by atoms with Crippen molar-refractivity contribution in [2.24, 2.45) is 0 Å². The number of aryl methyl sites for hydroxylation is 1. The van der Waals surface area contributed by atoms with Gasteiger partial charge in [-0.2, -0.15) is 0 Å². The lowest BCUT2D eigenvalue weighted by Gasteiger charge is -2.14. The summed E-state index contributed by atoms with van der Waals surface area (Å²) < 4.78 is 16.9. The standard InChI is InChI=1S/C17H18O3/c1-13-6-5-9-16(19-12-15-11-18-15)17(13)20-10-14-7-3-2-4-8-14/h2-9,15H,10-12H2,1H3. The van der Waals surface area contributed by atoms with Gasteiger partial charge in [0.2, 0.25) is 0 Å². The Labute approximate surface area is 119 Å². The van der Waals surface area contributed by atoms with Gasteiger partial charge in [-0.05, 0) is 24.1 Å². The van der Waals surface area contributed by atoms with E-state index in [2.05, 4.69) is 12.1 Å². The number of para-hydroxylation sites is 1. The fourth-order valence-electron chi connectivity index (χ4n) is 2.00. The van der Waals surface area contributed by atoms with E-state index in [4.69, 9.17) is 14.2 Å². The zero-order chi connectivity index (χ0) is 13.8. The average molecular weight is 270 g/mol. The van der Waals surface area contributed by atoms with Crippen LogP contribution in [0.1, 0.15) is 11.1 Å². The third-order valence-electron chi connectivity index (χ3n) is 3.23. The summed E-state index contributed by atoms with van der Waals surface area (Å²) in [6.07, 6.45) is 0.248. The van der Waals surface area contributed by atoms with Gasteiger partial charge < -0.3 is 14.2 Å². The summed E-state index contributed by atoms with van der Waals surface area (Å²) in [6.45, 7) is 3.96. The number of rotatable bonds is 6. The molecule has 3 rings (SSSR count). The fourth-order valence-corrected chi connectivity index (χ4v) is 2.00. The van der Waals surface area contributed by atoms with E-state index in [9.17, 15) is 0 Å². The van der Waals surface area contributed by atoms with Gasteiger partial charge >= 0.3 is 0 Å². The maximum atomic E-state index is 5.94. The second-order valence-corrected chi connectivity index (χ2v) is 4.94. The van der Waals surface area contributed by atoms with Crippen LogP contribution in [-0.2, 0) is 11.3 Å². The molecule has 0 aliphatic carbocycles. The Morgan fingerprint density at radius 3 is 2.60 bits per heavy atom. The number of epoxide rings is 1. The van der Waals surface area contributed by atoms with Crippen LogP contribution in [0.25, 0.3) is 0 Å². The highest BCUT2D eigenvalue weighted by Crippen LogP contribution is 2.32. The first kappa shape index (κ1) is 13.0. The number of ether oxygens (including phenoxy) is 3. The lowest BCUT2D eigenvalue weighted by atomic mass is 10.2. The Bertz CT molecular complexity index is 562. The van der Waals surface area contributed by atoms with Crippen molar-refractivity contribution in [1.29, 1.82) is 0 Å². The highest BCUT2D eigenvalue weighted by Gasteiger charge is 2.23. The molecule has 0 bridgehead atoms. The molecular weight excluding hydrogens is 252 g/mol. The van der Waals surface area contributed by atoms with Crippen LogP contribution in [0.5, 0.6) is 11.5 Å². The molecule has 1 aliphatic heterocycles. The van der Waals surface area contributed by atoms with E-state index < -0.39 is 0 Å². The van der Waals surface area contributed by atoms with Crippen LogP contribution < -0.4 is 9.47 Å². The van der Waals surface area contributed by atoms with E-state index in [0.29, 0.717) is 13.2 Å². The van der Waals surface area contributed by atoms with Gasteiger partial charge in [0.15, 0.2) is 11.5 Å². The summed E-state index contributed by atoms with van der Waals surface area (Å²) in [6, 6.07) is 16.1. The van der Waals surface area contributed by atoms with E-state index in [1.165, 1.54) is 0 Å². The second kappa shape index (κ2) is 5.97. The van der Waals surface area contributed by atoms with Gasteiger partial charge in [0.25, 0.3) is 0 Å². The summed E-state index contributed by atoms with van der Waals surface area (Å²) >= 11 is 0. The zero-order valence-electron chi connectivity index (χ0n) is 11.5. The van der Waals surface area contributed by atoms with Gasteiger partial charge in [0.1, 0.15) is 19.3 Å². The van der Waals surface area contributed by atoms with Crippen molar-refractivity contribution >= 4 is 0 Å². The summed E-state index contributed by atoms with van der Waals surface area (Å²) in [5.74, 6) is 1.61. The summed E-state index contributed by atoms with van der Waals surface area (Å²) in [5, 5.41) is 0. The molecule has 3 nitrogen and oxygen atoms in total. The first-order valence-electron chi connectivity index (χ1n) is 6.83. The van der Waals surface area contributed by atoms with Crippen LogP contribution in [-0.4, -0.2) is 19.3 Å². The van der Waals surface area contributed by atoms with E-state index in [-0.39, 0.29) is 6.10 Å². The predicted molar refractivity (Wildman–Crippen MR) is 77.2 cm³/mol. The quantitative estimate of drug-likeness (QED) is 0.754. The third kappa shape index (κ3) is 3.31. The lowest BCUT2D eigenvalue weighted by Crippen LogP contribution is -2.06. The normalized spacial score (nSPS) is 16.8. The van der Waals surface area contributed by atoms with E-state index >= 15 is 0 Å². The third-order valence-corrected chi connectivity index (χ3v) is 3.23. The molecule has 0 amide bonds. The Morgan fingerprint density at radius 1 is 1.05 bits per heavy atom. The van der Waals surface area contributed by atoms with Gasteiger partial charge in [0.05, 0.1) is 6.61 Å². The van der Waals surface area contributed by atoms with Crippen molar-refractivity contribution < 1.29 is 14.2 Å². The average Bonchev–Trinajstić information content (AvgIpc) is 3.29. The van der Waals surface area contributed by atoms with Crippen LogP contribution in [0.4, 0.5) is 0 Å². The molecule has 1 fully saturated rings. The van der Waals surface area contributed by atoms with Gasteiger partial charge in [0, 0.05) is 0 Å². The molecule has 1 saturated heterocycles. The van der Waals surface area contributed by atoms with Crippen molar-refractivity contribution in [2.75, 3.05) is 13.2 Å². The van der Waals surface area contributed by atoms with Crippen LogP contribution >= 0.6 is 0 Å². The molecule has 0 aromatic heterocycles. The molecular formula is C17H18O3. The Kier molecular flexibility index (Phi) is 3.88. The maximum absolute atomic E-state index is 5.94. The second-order valence-electron chi connectivity index (χ2n) is 4.94. The predicted octanol–water partition coefficient (Wildman–Crippen LogP) is 3.35. The molecule has 2 aromatic rings. The molecule has 104 valence electrons. The number of hydrogen-bond acceptors (Lipinski definition) is 3. The monoisotopic (exact) mass is 270 g/mol. The molecule has 3 heteroatoms. The molecule has 2 aromatic carbocycles. The number of hydrogen-bond donors (Lipinski definition) is 0. The summed E-state index contributed by atoms with van der Waals surface area (Å²) in [5.41, 5.74) is 2.22. The smallest absolute Gasteiger partial charge is 0.164 e. The van der Waals surface area contributed by atoms with Crippen LogP contribution in [0.2, 0.25) is 0 Å². The maximum Gasteiger partial charge on any atom is 0.164 e. The van der Waals surface area contributed by atoms with E-state index in [1.54, 1.807) is 0 Å². The molecule has 1 heterocycles. The SMILES string of the molecule is Cc1cccc(OCC2CO2)c1OCc1ccccc1. The molecule has 20 heavy (non-hydrogen) atoms. The minimum absolute atomic E-state index is 0.248. The minimum atomic E-state index is 0.248. The van der Waals surface area contributed by atoms with Crippen LogP contribution in [0, 0.1) is 6.92 Å². The van der Waals surface area contributed by atoms with Crippen molar-refractivity contribution in [2.45, 2.75) is 19.6 Å². The van der Waals surface area contributed by atoms with Crippen molar-refractivity contribution in [3.63, 3.8) is 0 Å². The van der Waals surface area contributed by atoms with E-state index in [0.717, 1.165) is 29.2 Å². The van der Waals surface area contributed by atoms with Crippen LogP contribution in [0.3, 0.4) is 0 Å². The Morgan fingerprint density at radius 2 is 1.85 bits per heavy atom. The van der Waals surface area contributed by atoms with Gasteiger partial charge in [-0.15, -0.1) is 0 Å². The zero-order valence-corrected chi connectivity index (χ0v) is 11.5. The topological polar surface area (TPSA) is 31.0 Å². The largest absolute Gasteiger partial charge is 0.487 e. The molecule has 1 atom stereocenters. The molecule has 0 saturated carbocycles. The lowest BCUT2D eigenvalue weighted by molar-refractivity contribution is 0.237. The first-order valence-corrected chi connectivity index (χ1v) is 6.83. The highest BCUT2D eigenvalue weighted by molar-refractivity contribution is 5.46. The Balaban J connectivity index is 1.69. The van der Waals surface area contributed by atoms with Gasteiger partial charge in [-0.25, -0.2) is 0 Å². The minimum Gasteiger partial charge on any atom is -0.487 e. The van der Waals surface area contributed by atoms with Crippen LogP contribution in [0.15, 0.2) is 48.5 Å². The van der Waals surface area contributed by atoms with E-state index in [1.807, 2.05) is 43.3 Å². The fraction of sp³-hybridized carbons (Fsp3) is 0.294. The molecule has 1 unspecified atom stereocenters. The molecule has 0 spiro atoms. The molecule has 0 N–H and O–H groups in total. The first-order chi connectivity index (χ1) is 9.83. The molecule has 1 aliphatic rings. The summed E-state index contributed by atoms with van der Waals surface area (Å²) in [4.78, 5) is 0. The summed E-state index contributed by atoms with van der Waals surface area (Å²) in [7, 11) is 0. The van der Waals surface area contributed by atoms with Gasteiger partial charge in [-0.3, -0.25) is 0 Å². The van der Waals surface area contributed by atoms with Crippen molar-refractivity contribution in [1.82, 2.24) is 0 Å². The van der Waals surface area contributed by atoms with Crippen molar-refractivity contribution in [3.8, 4) is 11.5 Å². The number of benzene rings is 2. The molecule has 0 radical (unpaired) electrons. The van der Waals surface area contributed by atoms with Crippen molar-refractivity contribution in [3.05, 3.63) is 59.7 Å². The highest BCUT2D eigenvalue weighted by atomic mass is 16.6. The Hall–Kier alpha value is -2.00.